The molecule has 2 aromatic carbocycles. The third-order valence-corrected chi connectivity index (χ3v) is 6.37. The van der Waals surface area contributed by atoms with Crippen molar-refractivity contribution in [3.8, 4) is 11.4 Å². The van der Waals surface area contributed by atoms with Crippen LogP contribution in [0.4, 0.5) is 16.4 Å². The third-order valence-electron chi connectivity index (χ3n) is 6.05. The zero-order valence-corrected chi connectivity index (χ0v) is 22.3. The molecule has 3 heterocycles. The Kier molecular flexibility index (Phi) is 6.71. The minimum atomic E-state index is -0.655. The van der Waals surface area contributed by atoms with Gasteiger partial charge in [0, 0.05) is 11.4 Å². The Morgan fingerprint density at radius 1 is 1.13 bits per heavy atom. The van der Waals surface area contributed by atoms with E-state index in [0.717, 1.165) is 5.39 Å². The van der Waals surface area contributed by atoms with Crippen molar-refractivity contribution in [1.29, 1.82) is 0 Å². The van der Waals surface area contributed by atoms with E-state index in [0.29, 0.717) is 45.7 Å². The summed E-state index contributed by atoms with van der Waals surface area (Å²) in [5.74, 6) is 1.06. The quantitative estimate of drug-likeness (QED) is 0.357. The number of pyridine rings is 1. The Morgan fingerprint density at radius 3 is 2.63 bits per heavy atom. The van der Waals surface area contributed by atoms with Crippen molar-refractivity contribution in [2.75, 3.05) is 23.4 Å². The Labute approximate surface area is 225 Å². The van der Waals surface area contributed by atoms with Gasteiger partial charge in [-0.2, -0.15) is 0 Å². The van der Waals surface area contributed by atoms with Crippen molar-refractivity contribution in [1.82, 2.24) is 14.5 Å². The minimum absolute atomic E-state index is 0.222. The lowest BCUT2D eigenvalue weighted by Gasteiger charge is -2.31. The van der Waals surface area contributed by atoms with Crippen LogP contribution in [-0.2, 0) is 4.74 Å². The van der Waals surface area contributed by atoms with E-state index in [2.05, 4.69) is 15.3 Å². The van der Waals surface area contributed by atoms with Crippen LogP contribution >= 0.6 is 11.6 Å². The molecule has 1 amide bonds. The fourth-order valence-corrected chi connectivity index (χ4v) is 4.68. The van der Waals surface area contributed by atoms with Gasteiger partial charge in [-0.1, -0.05) is 41.9 Å². The molecule has 0 aliphatic carbocycles. The molecule has 10 heteroatoms. The summed E-state index contributed by atoms with van der Waals surface area (Å²) in [6.07, 6.45) is 0.855. The first-order valence-corrected chi connectivity index (χ1v) is 12.7. The number of benzene rings is 2. The maximum Gasteiger partial charge on any atom is 0.416 e. The maximum absolute atomic E-state index is 13.7. The molecule has 0 fully saturated rings. The van der Waals surface area contributed by atoms with Gasteiger partial charge in [0.15, 0.2) is 11.6 Å². The van der Waals surface area contributed by atoms with Gasteiger partial charge in [0.25, 0.3) is 5.56 Å². The summed E-state index contributed by atoms with van der Waals surface area (Å²) in [7, 11) is 0. The van der Waals surface area contributed by atoms with Crippen LogP contribution in [0.25, 0.3) is 16.5 Å². The summed E-state index contributed by atoms with van der Waals surface area (Å²) < 4.78 is 13.1. The second-order valence-electron chi connectivity index (χ2n) is 9.97. The molecule has 0 saturated carbocycles. The van der Waals surface area contributed by atoms with E-state index in [4.69, 9.17) is 21.1 Å². The first kappa shape index (κ1) is 25.5. The number of halogens is 1. The van der Waals surface area contributed by atoms with Crippen LogP contribution in [0, 0.1) is 0 Å². The van der Waals surface area contributed by atoms with E-state index in [1.54, 1.807) is 10.6 Å². The average Bonchev–Trinajstić information content (AvgIpc) is 2.88. The topological polar surface area (TPSA) is 98.6 Å². The standard InChI is InChI=1S/C28H28ClN5O4/c1-17(32-24-23-25(31-16-30-24)33(13-14-37-23)27(36)38-28(2,3)4)21-15-18-9-8-12-20(29)22(18)26(35)34(21)19-10-6-5-7-11-19/h5-12,15-17H,13-14H2,1-4H3,(H,30,31,32)/t17-/m0/s1. The van der Waals surface area contributed by atoms with Crippen molar-refractivity contribution in [2.45, 2.75) is 39.3 Å². The van der Waals surface area contributed by atoms with Crippen LogP contribution in [0.5, 0.6) is 5.75 Å². The summed E-state index contributed by atoms with van der Waals surface area (Å²) >= 11 is 6.44. The molecular weight excluding hydrogens is 506 g/mol. The van der Waals surface area contributed by atoms with E-state index < -0.39 is 17.7 Å². The Bertz CT molecular complexity index is 1570. The molecular formula is C28H28ClN5O4. The highest BCUT2D eigenvalue weighted by atomic mass is 35.5. The number of anilines is 2. The molecule has 1 atom stereocenters. The van der Waals surface area contributed by atoms with Crippen LogP contribution < -0.4 is 20.5 Å². The van der Waals surface area contributed by atoms with Crippen LogP contribution in [-0.4, -0.2) is 39.4 Å². The van der Waals surface area contributed by atoms with Gasteiger partial charge in [0.05, 0.1) is 23.0 Å². The number of hydrogen-bond donors (Lipinski definition) is 1. The zero-order chi connectivity index (χ0) is 27.0. The highest BCUT2D eigenvalue weighted by Crippen LogP contribution is 2.37. The predicted molar refractivity (Wildman–Crippen MR) is 148 cm³/mol. The van der Waals surface area contributed by atoms with Crippen LogP contribution in [0.3, 0.4) is 0 Å². The molecule has 0 radical (unpaired) electrons. The Hall–Kier alpha value is -4.11. The number of amides is 1. The number of fused-ring (bicyclic) bond motifs is 2. The summed E-state index contributed by atoms with van der Waals surface area (Å²) in [6, 6.07) is 16.3. The monoisotopic (exact) mass is 533 g/mol. The summed E-state index contributed by atoms with van der Waals surface area (Å²) in [5.41, 5.74) is 0.529. The number of rotatable bonds is 4. The van der Waals surface area contributed by atoms with Gasteiger partial charge in [-0.15, -0.1) is 0 Å². The maximum atomic E-state index is 13.7. The molecule has 0 saturated heterocycles. The first-order chi connectivity index (χ1) is 18.1. The van der Waals surface area contributed by atoms with Gasteiger partial charge in [-0.3, -0.25) is 14.3 Å². The largest absolute Gasteiger partial charge is 0.485 e. The number of nitrogens with one attached hydrogen (secondary N) is 1. The number of ether oxygens (including phenoxy) is 2. The summed E-state index contributed by atoms with van der Waals surface area (Å²) in [4.78, 5) is 36.7. The smallest absolute Gasteiger partial charge is 0.416 e. The number of carbonyl (C=O) groups excluding carboxylic acids is 1. The van der Waals surface area contributed by atoms with Crippen LogP contribution in [0.2, 0.25) is 5.02 Å². The van der Waals surface area contributed by atoms with Gasteiger partial charge < -0.3 is 14.8 Å². The number of para-hydroxylation sites is 1. The molecule has 38 heavy (non-hydrogen) atoms. The Balaban J connectivity index is 1.57. The Morgan fingerprint density at radius 2 is 1.89 bits per heavy atom. The molecule has 2 aromatic heterocycles. The summed E-state index contributed by atoms with van der Waals surface area (Å²) in [5, 5.41) is 4.94. The molecule has 1 N–H and O–H groups in total. The number of carbonyl (C=O) groups is 1. The highest BCUT2D eigenvalue weighted by molar-refractivity contribution is 6.35. The van der Waals surface area contributed by atoms with E-state index >= 15 is 0 Å². The lowest BCUT2D eigenvalue weighted by Crippen LogP contribution is -2.42. The molecule has 1 aliphatic heterocycles. The number of nitrogens with zero attached hydrogens (tertiary/aromatic N) is 4. The van der Waals surface area contributed by atoms with E-state index in [9.17, 15) is 9.59 Å². The molecule has 196 valence electrons. The van der Waals surface area contributed by atoms with Crippen molar-refractivity contribution >= 4 is 40.1 Å². The molecule has 0 unspecified atom stereocenters. The van der Waals surface area contributed by atoms with Gasteiger partial charge in [0.1, 0.15) is 18.5 Å². The molecule has 5 rings (SSSR count). The fourth-order valence-electron chi connectivity index (χ4n) is 4.41. The predicted octanol–water partition coefficient (Wildman–Crippen LogP) is 5.74. The average molecular weight is 534 g/mol. The number of hydrogen-bond acceptors (Lipinski definition) is 7. The SMILES string of the molecule is C[C@H](Nc1ncnc2c1OCCN2C(=O)OC(C)(C)C)c1cc2cccc(Cl)c2c(=O)n1-c1ccccc1. The van der Waals surface area contributed by atoms with E-state index in [-0.39, 0.29) is 12.2 Å². The number of aromatic nitrogens is 3. The van der Waals surface area contributed by atoms with Crippen molar-refractivity contribution < 1.29 is 14.3 Å². The molecule has 0 spiro atoms. The van der Waals surface area contributed by atoms with Crippen molar-refractivity contribution in [2.24, 2.45) is 0 Å². The van der Waals surface area contributed by atoms with Crippen molar-refractivity contribution in [3.63, 3.8) is 0 Å². The third kappa shape index (κ3) is 4.89. The van der Waals surface area contributed by atoms with Crippen molar-refractivity contribution in [3.05, 3.63) is 82.0 Å². The lowest BCUT2D eigenvalue weighted by atomic mass is 10.1. The van der Waals surface area contributed by atoms with Gasteiger partial charge in [-0.05, 0) is 57.3 Å². The summed E-state index contributed by atoms with van der Waals surface area (Å²) in [6.45, 7) is 7.91. The van der Waals surface area contributed by atoms with Gasteiger partial charge in [0.2, 0.25) is 5.75 Å². The molecule has 1 aliphatic rings. The minimum Gasteiger partial charge on any atom is -0.485 e. The lowest BCUT2D eigenvalue weighted by molar-refractivity contribution is 0.0566. The molecule has 9 nitrogen and oxygen atoms in total. The van der Waals surface area contributed by atoms with Crippen LogP contribution in [0.15, 0.2) is 65.7 Å². The second kappa shape index (κ2) is 9.98. The van der Waals surface area contributed by atoms with E-state index in [1.807, 2.05) is 76.2 Å². The normalized spacial score (nSPS) is 14.0. The van der Waals surface area contributed by atoms with Gasteiger partial charge in [-0.25, -0.2) is 14.8 Å². The van der Waals surface area contributed by atoms with E-state index in [1.165, 1.54) is 11.2 Å². The second-order valence-corrected chi connectivity index (χ2v) is 10.4. The van der Waals surface area contributed by atoms with Crippen LogP contribution in [0.1, 0.15) is 39.4 Å². The molecule has 4 aromatic rings. The first-order valence-electron chi connectivity index (χ1n) is 12.3. The highest BCUT2D eigenvalue weighted by Gasteiger charge is 2.32. The fraction of sp³-hybridized carbons (Fsp3) is 0.286. The molecule has 0 bridgehead atoms. The zero-order valence-electron chi connectivity index (χ0n) is 21.6. The van der Waals surface area contributed by atoms with Gasteiger partial charge >= 0.3 is 6.09 Å².